The van der Waals surface area contributed by atoms with Crippen LogP contribution < -0.4 is 10.2 Å². The minimum Gasteiger partial charge on any atom is -0.452 e. The molecule has 1 atom stereocenters. The molecule has 1 aliphatic heterocycles. The second kappa shape index (κ2) is 12.4. The number of hydrogen-bond donors (Lipinski definition) is 1. The summed E-state index contributed by atoms with van der Waals surface area (Å²) in [5.74, 6) is -1.20. The highest BCUT2D eigenvalue weighted by Crippen LogP contribution is 2.23. The topological polar surface area (TPSA) is 96.0 Å². The SMILES string of the molecule is CC[C@H](C)c1ccc(NC(=O)COC(=O)c2cccc(S(=O)(=O)N3CCN(c4ccc(F)cc4)CC3)c2)cc1. The average Bonchev–Trinajstić information content (AvgIpc) is 2.96. The van der Waals surface area contributed by atoms with Crippen LogP contribution in [-0.2, 0) is 19.6 Å². The van der Waals surface area contributed by atoms with Crippen molar-refractivity contribution < 1.29 is 27.1 Å². The van der Waals surface area contributed by atoms with Gasteiger partial charge >= 0.3 is 5.97 Å². The molecule has 1 fully saturated rings. The van der Waals surface area contributed by atoms with Crippen molar-refractivity contribution in [3.8, 4) is 0 Å². The molecule has 1 heterocycles. The zero-order valence-corrected chi connectivity index (χ0v) is 22.8. The number of sulfonamides is 1. The molecule has 0 aromatic heterocycles. The third-order valence-corrected chi connectivity index (χ3v) is 8.74. The maximum atomic E-state index is 13.2. The molecule has 39 heavy (non-hydrogen) atoms. The normalized spacial score (nSPS) is 15.0. The maximum absolute atomic E-state index is 13.2. The average molecular weight is 554 g/mol. The van der Waals surface area contributed by atoms with E-state index in [1.165, 1.54) is 46.3 Å². The van der Waals surface area contributed by atoms with E-state index in [2.05, 4.69) is 19.2 Å². The second-order valence-corrected chi connectivity index (χ2v) is 11.4. The molecule has 4 rings (SSSR count). The monoisotopic (exact) mass is 553 g/mol. The summed E-state index contributed by atoms with van der Waals surface area (Å²) >= 11 is 0. The number of halogens is 1. The predicted octanol–water partition coefficient (Wildman–Crippen LogP) is 4.65. The minimum atomic E-state index is -3.85. The molecule has 0 aliphatic carbocycles. The fourth-order valence-electron chi connectivity index (χ4n) is 4.31. The number of rotatable bonds is 9. The van der Waals surface area contributed by atoms with Crippen molar-refractivity contribution in [2.45, 2.75) is 31.1 Å². The molecule has 8 nitrogen and oxygen atoms in total. The Morgan fingerprint density at radius 1 is 0.974 bits per heavy atom. The second-order valence-electron chi connectivity index (χ2n) is 9.45. The highest BCUT2D eigenvalue weighted by atomic mass is 32.2. The van der Waals surface area contributed by atoms with Gasteiger partial charge in [-0.2, -0.15) is 4.31 Å². The summed E-state index contributed by atoms with van der Waals surface area (Å²) < 4.78 is 46.2. The summed E-state index contributed by atoms with van der Waals surface area (Å²) in [7, 11) is -3.85. The van der Waals surface area contributed by atoms with E-state index >= 15 is 0 Å². The number of ether oxygens (including phenoxy) is 1. The van der Waals surface area contributed by atoms with Gasteiger partial charge in [-0.15, -0.1) is 0 Å². The molecule has 1 aliphatic rings. The Morgan fingerprint density at radius 3 is 2.28 bits per heavy atom. The first-order chi connectivity index (χ1) is 18.7. The molecule has 3 aromatic carbocycles. The molecular formula is C29H32FN3O5S. The Bertz CT molecular complexity index is 1400. The maximum Gasteiger partial charge on any atom is 0.338 e. The Morgan fingerprint density at radius 2 is 1.64 bits per heavy atom. The van der Waals surface area contributed by atoms with Crippen LogP contribution in [0, 0.1) is 5.82 Å². The zero-order chi connectivity index (χ0) is 28.0. The summed E-state index contributed by atoms with van der Waals surface area (Å²) in [6.07, 6.45) is 1.01. The molecule has 0 saturated carbocycles. The first kappa shape index (κ1) is 28.3. The van der Waals surface area contributed by atoms with Gasteiger partial charge in [0.2, 0.25) is 10.0 Å². The van der Waals surface area contributed by atoms with Gasteiger partial charge in [-0.3, -0.25) is 4.79 Å². The number of hydrogen-bond acceptors (Lipinski definition) is 6. The van der Waals surface area contributed by atoms with Crippen LogP contribution in [0.2, 0.25) is 0 Å². The fourth-order valence-corrected chi connectivity index (χ4v) is 5.78. The van der Waals surface area contributed by atoms with Gasteiger partial charge < -0.3 is 15.0 Å². The summed E-state index contributed by atoms with van der Waals surface area (Å²) in [5, 5.41) is 2.69. The lowest BCUT2D eigenvalue weighted by atomic mass is 9.99. The lowest BCUT2D eigenvalue weighted by molar-refractivity contribution is -0.119. The molecule has 0 bridgehead atoms. The number of benzene rings is 3. The molecule has 1 amide bonds. The van der Waals surface area contributed by atoms with Gasteiger partial charge in [0, 0.05) is 37.6 Å². The van der Waals surface area contributed by atoms with Crippen LogP contribution >= 0.6 is 0 Å². The molecule has 1 saturated heterocycles. The van der Waals surface area contributed by atoms with E-state index in [1.54, 1.807) is 24.3 Å². The summed E-state index contributed by atoms with van der Waals surface area (Å²) in [5.41, 5.74) is 2.62. The molecule has 0 spiro atoms. The Labute approximate surface area is 228 Å². The van der Waals surface area contributed by atoms with Crippen LogP contribution in [0.5, 0.6) is 0 Å². The smallest absolute Gasteiger partial charge is 0.338 e. The third-order valence-electron chi connectivity index (χ3n) is 6.85. The van der Waals surface area contributed by atoms with Crippen molar-refractivity contribution in [2.75, 3.05) is 43.0 Å². The van der Waals surface area contributed by atoms with Gasteiger partial charge in [0.1, 0.15) is 5.82 Å². The minimum absolute atomic E-state index is 0.0296. The lowest BCUT2D eigenvalue weighted by Crippen LogP contribution is -2.48. The van der Waals surface area contributed by atoms with Crippen molar-refractivity contribution in [1.29, 1.82) is 0 Å². The van der Waals surface area contributed by atoms with Gasteiger partial charge in [-0.1, -0.05) is 32.0 Å². The highest BCUT2D eigenvalue weighted by Gasteiger charge is 2.29. The van der Waals surface area contributed by atoms with Crippen LogP contribution in [-0.4, -0.2) is 57.4 Å². The van der Waals surface area contributed by atoms with Crippen LogP contribution in [0.1, 0.15) is 42.1 Å². The van der Waals surface area contributed by atoms with E-state index in [0.29, 0.717) is 24.7 Å². The molecule has 1 N–H and O–H groups in total. The third kappa shape index (κ3) is 7.01. The van der Waals surface area contributed by atoms with Gasteiger partial charge in [0.15, 0.2) is 6.61 Å². The first-order valence-electron chi connectivity index (χ1n) is 12.8. The first-order valence-corrected chi connectivity index (χ1v) is 14.3. The van der Waals surface area contributed by atoms with Gasteiger partial charge in [-0.05, 0) is 72.5 Å². The highest BCUT2D eigenvalue weighted by molar-refractivity contribution is 7.89. The van der Waals surface area contributed by atoms with Crippen LogP contribution in [0.15, 0.2) is 77.7 Å². The lowest BCUT2D eigenvalue weighted by Gasteiger charge is -2.35. The largest absolute Gasteiger partial charge is 0.452 e. The fraction of sp³-hybridized carbons (Fsp3) is 0.310. The standard InChI is InChI=1S/C29H32FN3O5S/c1-3-21(2)22-7-11-25(12-8-22)31-28(34)20-38-29(35)23-5-4-6-27(19-23)39(36,37)33-17-15-32(16-18-33)26-13-9-24(30)10-14-26/h4-14,19,21H,3,15-18,20H2,1-2H3,(H,31,34)/t21-/m0/s1. The Balaban J connectivity index is 1.32. The van der Waals surface area contributed by atoms with Gasteiger partial charge in [-0.25, -0.2) is 17.6 Å². The van der Waals surface area contributed by atoms with Crippen LogP contribution in [0.4, 0.5) is 15.8 Å². The molecule has 0 radical (unpaired) electrons. The molecule has 206 valence electrons. The van der Waals surface area contributed by atoms with Gasteiger partial charge in [0.25, 0.3) is 5.91 Å². The van der Waals surface area contributed by atoms with Crippen molar-refractivity contribution in [1.82, 2.24) is 4.31 Å². The van der Waals surface area contributed by atoms with Crippen LogP contribution in [0.3, 0.4) is 0 Å². The van der Waals surface area contributed by atoms with Crippen molar-refractivity contribution >= 4 is 33.3 Å². The van der Waals surface area contributed by atoms with E-state index < -0.39 is 28.5 Å². The van der Waals surface area contributed by atoms with Crippen molar-refractivity contribution in [3.05, 3.63) is 89.7 Å². The van der Waals surface area contributed by atoms with E-state index in [9.17, 15) is 22.4 Å². The van der Waals surface area contributed by atoms with E-state index in [1.807, 2.05) is 17.0 Å². The van der Waals surface area contributed by atoms with Crippen molar-refractivity contribution in [2.24, 2.45) is 0 Å². The number of carbonyl (C=O) groups excluding carboxylic acids is 2. The zero-order valence-electron chi connectivity index (χ0n) is 22.0. The quantitative estimate of drug-likeness (QED) is 0.388. The molecule has 3 aromatic rings. The molecule has 10 heteroatoms. The number of anilines is 2. The van der Waals surface area contributed by atoms with E-state index in [4.69, 9.17) is 4.74 Å². The van der Waals surface area contributed by atoms with Gasteiger partial charge in [0.05, 0.1) is 10.5 Å². The van der Waals surface area contributed by atoms with E-state index in [0.717, 1.165) is 12.1 Å². The number of nitrogens with zero attached hydrogens (tertiary/aromatic N) is 2. The summed E-state index contributed by atoms with van der Waals surface area (Å²) in [6, 6.07) is 19.2. The molecular weight excluding hydrogens is 521 g/mol. The number of esters is 1. The number of nitrogens with one attached hydrogen (secondary N) is 1. The predicted molar refractivity (Wildman–Crippen MR) is 148 cm³/mol. The van der Waals surface area contributed by atoms with Crippen molar-refractivity contribution in [3.63, 3.8) is 0 Å². The Kier molecular flexibility index (Phi) is 8.98. The van der Waals surface area contributed by atoms with Crippen LogP contribution in [0.25, 0.3) is 0 Å². The molecule has 0 unspecified atom stereocenters. The Hall–Kier alpha value is -3.76. The summed E-state index contributed by atoms with van der Waals surface area (Å²) in [6.45, 7) is 5.11. The number of carbonyl (C=O) groups is 2. The van der Waals surface area contributed by atoms with E-state index in [-0.39, 0.29) is 29.4 Å². The summed E-state index contributed by atoms with van der Waals surface area (Å²) in [4.78, 5) is 26.8. The number of piperazine rings is 1. The number of amides is 1.